The van der Waals surface area contributed by atoms with Crippen LogP contribution in [0.3, 0.4) is 0 Å². The number of hydrogen-bond donors (Lipinski definition) is 1. The highest BCUT2D eigenvalue weighted by molar-refractivity contribution is 7.85. The van der Waals surface area contributed by atoms with E-state index in [4.69, 9.17) is 4.42 Å². The number of carbonyl (C=O) groups is 1. The van der Waals surface area contributed by atoms with Gasteiger partial charge in [-0.15, -0.1) is 0 Å². The van der Waals surface area contributed by atoms with Gasteiger partial charge in [0.1, 0.15) is 28.1 Å². The van der Waals surface area contributed by atoms with Crippen LogP contribution in [0.4, 0.5) is 10.1 Å². The predicted molar refractivity (Wildman–Crippen MR) is 125 cm³/mol. The lowest BCUT2D eigenvalue weighted by atomic mass is 9.99. The zero-order valence-corrected chi connectivity index (χ0v) is 19.2. The van der Waals surface area contributed by atoms with Crippen LogP contribution in [0.1, 0.15) is 41.7 Å². The van der Waals surface area contributed by atoms with Crippen molar-refractivity contribution in [3.8, 4) is 11.3 Å². The van der Waals surface area contributed by atoms with Gasteiger partial charge in [-0.3, -0.25) is 14.0 Å². The minimum absolute atomic E-state index is 0.122. The summed E-state index contributed by atoms with van der Waals surface area (Å²) in [5.41, 5.74) is 3.50. The molecule has 1 aromatic heterocycles. The summed E-state index contributed by atoms with van der Waals surface area (Å²) >= 11 is 0. The van der Waals surface area contributed by atoms with Crippen molar-refractivity contribution in [3.05, 3.63) is 53.3 Å². The van der Waals surface area contributed by atoms with Gasteiger partial charge in [0, 0.05) is 55.5 Å². The topological polar surface area (TPSA) is 65.8 Å². The lowest BCUT2D eigenvalue weighted by Crippen LogP contribution is -2.34. The van der Waals surface area contributed by atoms with Gasteiger partial charge >= 0.3 is 0 Å². The number of benzene rings is 2. The van der Waals surface area contributed by atoms with Crippen molar-refractivity contribution in [2.75, 3.05) is 30.7 Å². The largest absolute Gasteiger partial charge is 0.455 e. The summed E-state index contributed by atoms with van der Waals surface area (Å²) in [6, 6.07) is 10.5. The molecule has 2 heterocycles. The second kappa shape index (κ2) is 8.01. The van der Waals surface area contributed by atoms with E-state index >= 15 is 0 Å². The first kappa shape index (κ1) is 21.2. The SMILES string of the molecule is CNC(=O)c1c(-c2ccc(F)cc2)oc2cc3c(cc12)C(C)N(C1CC1)CCN3S(C)=O. The molecule has 2 unspecified atom stereocenters. The zero-order chi connectivity index (χ0) is 22.6. The Labute approximate surface area is 189 Å². The molecule has 8 heteroatoms. The van der Waals surface area contributed by atoms with Gasteiger partial charge in [0.15, 0.2) is 0 Å². The van der Waals surface area contributed by atoms with E-state index < -0.39 is 11.0 Å². The van der Waals surface area contributed by atoms with Crippen LogP contribution in [0, 0.1) is 5.82 Å². The number of nitrogens with one attached hydrogen (secondary N) is 1. The Kier molecular flexibility index (Phi) is 5.29. The van der Waals surface area contributed by atoms with Crippen LogP contribution in [-0.4, -0.2) is 47.5 Å². The van der Waals surface area contributed by atoms with Crippen molar-refractivity contribution in [2.24, 2.45) is 0 Å². The van der Waals surface area contributed by atoms with E-state index in [0.29, 0.717) is 40.4 Å². The molecule has 1 fully saturated rings. The standard InChI is InChI=1S/C24H26FN3O3S/c1-14-18-12-19-21(13-20(18)28(32(3)30)11-10-27(14)17-8-9-17)31-23(22(19)24(29)26-2)15-4-6-16(25)7-5-15/h4-7,12-14,17H,8-11H2,1-3H3,(H,26,29). The number of amides is 1. The Morgan fingerprint density at radius 2 is 1.91 bits per heavy atom. The zero-order valence-electron chi connectivity index (χ0n) is 18.4. The Balaban J connectivity index is 1.75. The summed E-state index contributed by atoms with van der Waals surface area (Å²) < 4.78 is 34.2. The van der Waals surface area contributed by atoms with E-state index in [-0.39, 0.29) is 17.8 Å². The fourth-order valence-corrected chi connectivity index (χ4v) is 5.50. The molecule has 3 aromatic rings. The van der Waals surface area contributed by atoms with E-state index in [9.17, 15) is 13.4 Å². The molecule has 0 spiro atoms. The Morgan fingerprint density at radius 1 is 1.19 bits per heavy atom. The Bertz CT molecular complexity index is 1220. The summed E-state index contributed by atoms with van der Waals surface area (Å²) in [6.45, 7) is 3.67. The van der Waals surface area contributed by atoms with E-state index in [1.807, 2.05) is 16.4 Å². The molecule has 2 aromatic carbocycles. The number of nitrogens with zero attached hydrogens (tertiary/aromatic N) is 2. The second-order valence-corrected chi connectivity index (χ2v) is 9.76. The first-order valence-electron chi connectivity index (χ1n) is 10.8. The number of anilines is 1. The number of fused-ring (bicyclic) bond motifs is 2. The van der Waals surface area contributed by atoms with Crippen molar-refractivity contribution < 1.29 is 17.8 Å². The third-order valence-electron chi connectivity index (χ3n) is 6.50. The molecule has 1 saturated carbocycles. The number of rotatable bonds is 4. The van der Waals surface area contributed by atoms with Crippen LogP contribution in [0.5, 0.6) is 0 Å². The first-order chi connectivity index (χ1) is 15.4. The maximum Gasteiger partial charge on any atom is 0.255 e. The average molecular weight is 456 g/mol. The van der Waals surface area contributed by atoms with E-state index in [1.54, 1.807) is 25.4 Å². The fourth-order valence-electron chi connectivity index (χ4n) is 4.73. The van der Waals surface area contributed by atoms with Gasteiger partial charge in [-0.05, 0) is 55.7 Å². The van der Waals surface area contributed by atoms with Crippen molar-refractivity contribution in [3.63, 3.8) is 0 Å². The lowest BCUT2D eigenvalue weighted by molar-refractivity contribution is 0.0964. The molecule has 1 aliphatic heterocycles. The van der Waals surface area contributed by atoms with Crippen molar-refractivity contribution >= 4 is 33.5 Å². The van der Waals surface area contributed by atoms with Gasteiger partial charge < -0.3 is 9.73 Å². The molecule has 1 amide bonds. The Hall–Kier alpha value is -2.71. The average Bonchev–Trinajstić information content (AvgIpc) is 3.56. The van der Waals surface area contributed by atoms with E-state index in [2.05, 4.69) is 17.1 Å². The molecule has 0 bridgehead atoms. The van der Waals surface area contributed by atoms with Crippen molar-refractivity contribution in [1.82, 2.24) is 10.2 Å². The monoisotopic (exact) mass is 455 g/mol. The van der Waals surface area contributed by atoms with Crippen molar-refractivity contribution in [2.45, 2.75) is 31.8 Å². The summed E-state index contributed by atoms with van der Waals surface area (Å²) in [5, 5.41) is 3.41. The highest BCUT2D eigenvalue weighted by Crippen LogP contribution is 2.44. The van der Waals surface area contributed by atoms with Gasteiger partial charge in [0.05, 0.1) is 11.3 Å². The third-order valence-corrected chi connectivity index (χ3v) is 7.50. The van der Waals surface area contributed by atoms with Crippen LogP contribution in [0.2, 0.25) is 0 Å². The normalized spacial score (nSPS) is 20.1. The van der Waals surface area contributed by atoms with Crippen LogP contribution >= 0.6 is 0 Å². The Morgan fingerprint density at radius 3 is 2.53 bits per heavy atom. The number of furan rings is 1. The minimum atomic E-state index is -1.19. The van der Waals surface area contributed by atoms with Crippen LogP contribution in [-0.2, 0) is 11.0 Å². The van der Waals surface area contributed by atoms with Crippen LogP contribution < -0.4 is 9.62 Å². The van der Waals surface area contributed by atoms with Crippen LogP contribution in [0.25, 0.3) is 22.3 Å². The molecule has 6 nitrogen and oxygen atoms in total. The van der Waals surface area contributed by atoms with E-state index in [1.165, 1.54) is 25.0 Å². The lowest BCUT2D eigenvalue weighted by Gasteiger charge is -2.27. The molecule has 1 aliphatic carbocycles. The molecule has 168 valence electrons. The third kappa shape index (κ3) is 3.51. The highest BCUT2D eigenvalue weighted by atomic mass is 32.2. The summed E-state index contributed by atoms with van der Waals surface area (Å²) in [5.74, 6) is -0.220. The van der Waals surface area contributed by atoms with Gasteiger partial charge in [0.2, 0.25) is 0 Å². The predicted octanol–water partition coefficient (Wildman–Crippen LogP) is 4.24. The van der Waals surface area contributed by atoms with Gasteiger partial charge in [-0.1, -0.05) is 0 Å². The minimum Gasteiger partial charge on any atom is -0.455 e. The molecule has 2 atom stereocenters. The molecular weight excluding hydrogens is 429 g/mol. The maximum atomic E-state index is 13.5. The van der Waals surface area contributed by atoms with Gasteiger partial charge in [-0.25, -0.2) is 8.60 Å². The maximum absolute atomic E-state index is 13.5. The molecule has 0 saturated heterocycles. The summed E-state index contributed by atoms with van der Waals surface area (Å²) in [7, 11) is 0.388. The summed E-state index contributed by atoms with van der Waals surface area (Å²) in [6.07, 6.45) is 4.05. The molecule has 0 radical (unpaired) electrons. The van der Waals surface area contributed by atoms with Gasteiger partial charge in [0.25, 0.3) is 5.91 Å². The fraction of sp³-hybridized carbons (Fsp3) is 0.375. The smallest absolute Gasteiger partial charge is 0.255 e. The number of hydrogen-bond acceptors (Lipinski definition) is 4. The summed E-state index contributed by atoms with van der Waals surface area (Å²) in [4.78, 5) is 15.4. The quantitative estimate of drug-likeness (QED) is 0.639. The molecule has 1 N–H and O–H groups in total. The van der Waals surface area contributed by atoms with Crippen molar-refractivity contribution in [1.29, 1.82) is 0 Å². The molecule has 5 rings (SSSR count). The van der Waals surface area contributed by atoms with Crippen LogP contribution in [0.15, 0.2) is 40.8 Å². The molecule has 32 heavy (non-hydrogen) atoms. The second-order valence-electron chi connectivity index (χ2n) is 8.47. The number of carbonyl (C=O) groups excluding carboxylic acids is 1. The first-order valence-corrected chi connectivity index (χ1v) is 12.4. The van der Waals surface area contributed by atoms with Gasteiger partial charge in [-0.2, -0.15) is 0 Å². The highest BCUT2D eigenvalue weighted by Gasteiger charge is 2.37. The molecule has 2 aliphatic rings. The molecular formula is C24H26FN3O3S. The van der Waals surface area contributed by atoms with E-state index in [0.717, 1.165) is 17.8 Å². The number of halogens is 1.